The first-order chi connectivity index (χ1) is 7.25. The number of hydrogen-bond acceptors (Lipinski definition) is 5. The molecule has 0 aliphatic rings. The lowest BCUT2D eigenvalue weighted by Gasteiger charge is -2.03. The Morgan fingerprint density at radius 3 is 3.07 bits per heavy atom. The van der Waals surface area contributed by atoms with Gasteiger partial charge in [0.25, 0.3) is 0 Å². The molecule has 0 radical (unpaired) electrons. The van der Waals surface area contributed by atoms with Crippen LogP contribution in [0, 0.1) is 0 Å². The summed E-state index contributed by atoms with van der Waals surface area (Å²) in [6, 6.07) is 5.75. The summed E-state index contributed by atoms with van der Waals surface area (Å²) in [6.45, 7) is 0. The third-order valence-corrected chi connectivity index (χ3v) is 3.30. The smallest absolute Gasteiger partial charge is 0.213 e. The number of anilines is 1. The topological polar surface area (TPSA) is 64.9 Å². The van der Waals surface area contributed by atoms with E-state index in [2.05, 4.69) is 30.6 Å². The number of rotatable bonds is 3. The number of nitrogens with two attached hydrogens (primary N) is 1. The minimum atomic E-state index is 0.650. The molecule has 2 N–H and O–H groups in total. The summed E-state index contributed by atoms with van der Waals surface area (Å²) < 4.78 is 5.65. The standard InChI is InChI=1S/C9H8BrN3OS/c10-6-1-2-7(11)8(3-6)15-4-9-12-5-14-13-9/h1-3,5H,4,11H2. The van der Waals surface area contributed by atoms with Gasteiger partial charge in [0.05, 0.1) is 5.75 Å². The third-order valence-electron chi connectivity index (χ3n) is 1.74. The van der Waals surface area contributed by atoms with Crippen LogP contribution in [0.2, 0.25) is 0 Å². The van der Waals surface area contributed by atoms with E-state index in [0.717, 1.165) is 15.1 Å². The van der Waals surface area contributed by atoms with Crippen LogP contribution in [0.15, 0.2) is 38.5 Å². The largest absolute Gasteiger partial charge is 0.398 e. The zero-order chi connectivity index (χ0) is 10.7. The molecule has 0 aliphatic carbocycles. The highest BCUT2D eigenvalue weighted by atomic mass is 79.9. The van der Waals surface area contributed by atoms with Crippen LogP contribution in [0.5, 0.6) is 0 Å². The van der Waals surface area contributed by atoms with Gasteiger partial charge >= 0.3 is 0 Å². The Bertz CT molecular complexity index is 447. The fourth-order valence-corrected chi connectivity index (χ4v) is 2.40. The van der Waals surface area contributed by atoms with Crippen molar-refractivity contribution in [3.05, 3.63) is 34.9 Å². The maximum atomic E-state index is 5.82. The zero-order valence-corrected chi connectivity index (χ0v) is 10.1. The zero-order valence-electron chi connectivity index (χ0n) is 7.68. The van der Waals surface area contributed by atoms with Crippen LogP contribution in [0.1, 0.15) is 5.82 Å². The van der Waals surface area contributed by atoms with Crippen LogP contribution in [0.25, 0.3) is 0 Å². The van der Waals surface area contributed by atoms with Crippen molar-refractivity contribution in [3.8, 4) is 0 Å². The Hall–Kier alpha value is -1.01. The van der Waals surface area contributed by atoms with E-state index in [9.17, 15) is 0 Å². The van der Waals surface area contributed by atoms with Crippen molar-refractivity contribution in [3.63, 3.8) is 0 Å². The van der Waals surface area contributed by atoms with Crippen molar-refractivity contribution in [2.75, 3.05) is 5.73 Å². The van der Waals surface area contributed by atoms with Gasteiger partial charge in [-0.3, -0.25) is 0 Å². The van der Waals surface area contributed by atoms with Gasteiger partial charge in [-0.15, -0.1) is 11.8 Å². The molecule has 2 aromatic rings. The first-order valence-corrected chi connectivity index (χ1v) is 5.96. The number of halogens is 1. The summed E-state index contributed by atoms with van der Waals surface area (Å²) in [5, 5.41) is 3.72. The van der Waals surface area contributed by atoms with E-state index in [1.807, 2.05) is 18.2 Å². The fourth-order valence-electron chi connectivity index (χ4n) is 1.03. The monoisotopic (exact) mass is 285 g/mol. The molecule has 0 bridgehead atoms. The first-order valence-electron chi connectivity index (χ1n) is 4.19. The average Bonchev–Trinajstić information content (AvgIpc) is 2.72. The van der Waals surface area contributed by atoms with Crippen molar-refractivity contribution in [2.45, 2.75) is 10.6 Å². The average molecular weight is 286 g/mol. The number of benzene rings is 1. The molecule has 0 saturated heterocycles. The van der Waals surface area contributed by atoms with E-state index in [0.29, 0.717) is 11.6 Å². The summed E-state index contributed by atoms with van der Waals surface area (Å²) in [4.78, 5) is 4.94. The highest BCUT2D eigenvalue weighted by Gasteiger charge is 2.04. The number of thioether (sulfide) groups is 1. The predicted octanol–water partition coefficient (Wildman–Crippen LogP) is 2.71. The van der Waals surface area contributed by atoms with Crippen LogP contribution < -0.4 is 5.73 Å². The molecule has 4 nitrogen and oxygen atoms in total. The summed E-state index contributed by atoms with van der Waals surface area (Å²) in [7, 11) is 0. The molecule has 0 atom stereocenters. The van der Waals surface area contributed by atoms with Crippen LogP contribution in [0.3, 0.4) is 0 Å². The maximum Gasteiger partial charge on any atom is 0.213 e. The molecule has 15 heavy (non-hydrogen) atoms. The Balaban J connectivity index is 2.07. The van der Waals surface area contributed by atoms with Gasteiger partial charge in [-0.25, -0.2) is 0 Å². The van der Waals surface area contributed by atoms with Crippen LogP contribution in [0.4, 0.5) is 5.69 Å². The van der Waals surface area contributed by atoms with Gasteiger partial charge in [0.1, 0.15) is 0 Å². The molecule has 0 aliphatic heterocycles. The summed E-state index contributed by atoms with van der Waals surface area (Å²) in [6.07, 6.45) is 1.32. The molecule has 78 valence electrons. The maximum absolute atomic E-state index is 5.82. The van der Waals surface area contributed by atoms with Gasteiger partial charge in [0.2, 0.25) is 6.39 Å². The second kappa shape index (κ2) is 4.67. The molecule has 0 saturated carbocycles. The number of hydrogen-bond donors (Lipinski definition) is 1. The van der Waals surface area contributed by atoms with E-state index in [1.165, 1.54) is 6.39 Å². The van der Waals surface area contributed by atoms with Gasteiger partial charge in [-0.1, -0.05) is 21.1 Å². The minimum absolute atomic E-state index is 0.650. The first kappa shape index (κ1) is 10.5. The molecule has 1 aromatic carbocycles. The number of aromatic nitrogens is 2. The van der Waals surface area contributed by atoms with E-state index in [4.69, 9.17) is 5.73 Å². The normalized spacial score (nSPS) is 10.5. The molecule has 0 amide bonds. The molecule has 1 aromatic heterocycles. The summed E-state index contributed by atoms with van der Waals surface area (Å²) in [5.41, 5.74) is 6.58. The summed E-state index contributed by atoms with van der Waals surface area (Å²) in [5.74, 6) is 1.32. The van der Waals surface area contributed by atoms with Crippen molar-refractivity contribution in [1.29, 1.82) is 0 Å². The predicted molar refractivity (Wildman–Crippen MR) is 62.4 cm³/mol. The molecule has 0 unspecified atom stereocenters. The van der Waals surface area contributed by atoms with Gasteiger partial charge in [-0.05, 0) is 18.2 Å². The van der Waals surface area contributed by atoms with E-state index in [-0.39, 0.29) is 0 Å². The molecule has 1 heterocycles. The second-order valence-corrected chi connectivity index (χ2v) is 4.75. The van der Waals surface area contributed by atoms with Gasteiger partial charge in [-0.2, -0.15) is 4.98 Å². The SMILES string of the molecule is Nc1ccc(Br)cc1SCc1ncon1. The van der Waals surface area contributed by atoms with E-state index >= 15 is 0 Å². The van der Waals surface area contributed by atoms with Gasteiger partial charge in [0, 0.05) is 15.1 Å². The molecule has 0 fully saturated rings. The number of nitrogen functional groups attached to an aromatic ring is 1. The van der Waals surface area contributed by atoms with Gasteiger partial charge < -0.3 is 10.3 Å². The molecular weight excluding hydrogens is 278 g/mol. The second-order valence-electron chi connectivity index (χ2n) is 2.82. The van der Waals surface area contributed by atoms with Gasteiger partial charge in [0.15, 0.2) is 5.82 Å². The molecule has 0 spiro atoms. The quantitative estimate of drug-likeness (QED) is 0.694. The summed E-state index contributed by atoms with van der Waals surface area (Å²) >= 11 is 4.98. The Labute approximate surface area is 99.4 Å². The number of nitrogens with zero attached hydrogens (tertiary/aromatic N) is 2. The Kier molecular flexibility index (Phi) is 3.27. The van der Waals surface area contributed by atoms with Crippen LogP contribution in [-0.2, 0) is 5.75 Å². The minimum Gasteiger partial charge on any atom is -0.398 e. The molecule has 2 rings (SSSR count). The van der Waals surface area contributed by atoms with E-state index < -0.39 is 0 Å². The third kappa shape index (κ3) is 2.73. The van der Waals surface area contributed by atoms with Crippen LogP contribution in [-0.4, -0.2) is 10.1 Å². The lowest BCUT2D eigenvalue weighted by molar-refractivity contribution is 0.412. The van der Waals surface area contributed by atoms with Crippen molar-refractivity contribution >= 4 is 33.4 Å². The van der Waals surface area contributed by atoms with Crippen molar-refractivity contribution in [1.82, 2.24) is 10.1 Å². The highest BCUT2D eigenvalue weighted by Crippen LogP contribution is 2.29. The molecule has 6 heteroatoms. The lowest BCUT2D eigenvalue weighted by atomic mass is 10.3. The van der Waals surface area contributed by atoms with Crippen molar-refractivity contribution < 1.29 is 4.52 Å². The molecular formula is C9H8BrN3OS. The fraction of sp³-hybridized carbons (Fsp3) is 0.111. The lowest BCUT2D eigenvalue weighted by Crippen LogP contribution is -1.89. The van der Waals surface area contributed by atoms with Crippen molar-refractivity contribution in [2.24, 2.45) is 0 Å². The Morgan fingerprint density at radius 2 is 2.33 bits per heavy atom. The van der Waals surface area contributed by atoms with E-state index in [1.54, 1.807) is 11.8 Å². The highest BCUT2D eigenvalue weighted by molar-refractivity contribution is 9.10. The van der Waals surface area contributed by atoms with Crippen LogP contribution >= 0.6 is 27.7 Å². The Morgan fingerprint density at radius 1 is 1.47 bits per heavy atom.